The molecule has 0 aromatic carbocycles. The van der Waals surface area contributed by atoms with Gasteiger partial charge in [0.2, 0.25) is 5.91 Å². The average Bonchev–Trinajstić information content (AvgIpc) is 2.20. The highest BCUT2D eigenvalue weighted by Gasteiger charge is 2.20. The normalized spacial score (nSPS) is 18.4. The summed E-state index contributed by atoms with van der Waals surface area (Å²) >= 11 is 0. The Morgan fingerprint density at radius 2 is 2.00 bits per heavy atom. The monoisotopic (exact) mass is 229 g/mol. The molecule has 3 N–H and O–H groups in total. The van der Waals surface area contributed by atoms with Crippen LogP contribution in [-0.2, 0) is 9.59 Å². The first kappa shape index (κ1) is 12.9. The van der Waals surface area contributed by atoms with Crippen molar-refractivity contribution in [3.63, 3.8) is 0 Å². The van der Waals surface area contributed by atoms with Gasteiger partial charge in [-0.3, -0.25) is 14.5 Å². The van der Waals surface area contributed by atoms with E-state index in [-0.39, 0.29) is 25.0 Å². The maximum absolute atomic E-state index is 11.6. The molecule has 0 bridgehead atoms. The van der Waals surface area contributed by atoms with Crippen molar-refractivity contribution in [3.05, 3.63) is 0 Å². The predicted octanol–water partition coefficient (Wildman–Crippen LogP) is -1.05. The van der Waals surface area contributed by atoms with Crippen LogP contribution in [0.1, 0.15) is 12.8 Å². The lowest BCUT2D eigenvalue weighted by molar-refractivity contribution is -0.143. The van der Waals surface area contributed by atoms with Crippen molar-refractivity contribution in [2.75, 3.05) is 33.2 Å². The van der Waals surface area contributed by atoms with Crippen LogP contribution in [0.3, 0.4) is 0 Å². The number of carbonyl (C=O) groups is 2. The molecule has 0 aliphatic carbocycles. The molecular formula is C10H19N3O3. The fraction of sp³-hybridized carbons (Fsp3) is 0.800. The van der Waals surface area contributed by atoms with Gasteiger partial charge in [-0.05, 0) is 12.8 Å². The predicted molar refractivity (Wildman–Crippen MR) is 58.9 cm³/mol. The fourth-order valence-corrected chi connectivity index (χ4v) is 1.71. The molecule has 1 aliphatic heterocycles. The highest BCUT2D eigenvalue weighted by molar-refractivity contribution is 5.82. The number of carboxylic acids is 1. The van der Waals surface area contributed by atoms with Gasteiger partial charge in [0, 0.05) is 26.2 Å². The molecule has 92 valence electrons. The maximum atomic E-state index is 11.6. The van der Waals surface area contributed by atoms with E-state index in [9.17, 15) is 9.59 Å². The first-order valence-electron chi connectivity index (χ1n) is 5.42. The van der Waals surface area contributed by atoms with E-state index in [0.717, 1.165) is 25.9 Å². The molecule has 1 aliphatic rings. The molecule has 0 aromatic rings. The molecule has 0 aromatic heterocycles. The summed E-state index contributed by atoms with van der Waals surface area (Å²) in [7, 11) is 1.51. The summed E-state index contributed by atoms with van der Waals surface area (Å²) in [5.41, 5.74) is 5.75. The van der Waals surface area contributed by atoms with E-state index in [1.165, 1.54) is 11.9 Å². The molecule has 16 heavy (non-hydrogen) atoms. The van der Waals surface area contributed by atoms with Crippen LogP contribution < -0.4 is 5.73 Å². The summed E-state index contributed by atoms with van der Waals surface area (Å²) in [4.78, 5) is 25.3. The zero-order valence-electron chi connectivity index (χ0n) is 9.56. The smallest absolute Gasteiger partial charge is 0.323 e. The van der Waals surface area contributed by atoms with Gasteiger partial charge in [-0.15, -0.1) is 0 Å². The molecule has 1 amide bonds. The Balaban J connectivity index is 2.31. The standard InChI is InChI=1S/C10H19N3O3/c1-12(7-10(15)16)9(14)6-13-4-2-8(11)3-5-13/h8H,2-7,11H2,1H3,(H,15,16). The number of nitrogens with two attached hydrogens (primary N) is 1. The molecule has 6 nitrogen and oxygen atoms in total. The van der Waals surface area contributed by atoms with Crippen LogP contribution in [0.2, 0.25) is 0 Å². The maximum Gasteiger partial charge on any atom is 0.323 e. The summed E-state index contributed by atoms with van der Waals surface area (Å²) in [6.07, 6.45) is 1.80. The minimum Gasteiger partial charge on any atom is -0.480 e. The number of nitrogens with zero attached hydrogens (tertiary/aromatic N) is 2. The number of carboxylic acid groups (broad SMARTS) is 1. The highest BCUT2D eigenvalue weighted by atomic mass is 16.4. The Morgan fingerprint density at radius 3 is 2.50 bits per heavy atom. The van der Waals surface area contributed by atoms with Crippen molar-refractivity contribution in [3.8, 4) is 0 Å². The summed E-state index contributed by atoms with van der Waals surface area (Å²) in [5.74, 6) is -1.14. The lowest BCUT2D eigenvalue weighted by atomic mass is 10.1. The molecule has 1 saturated heterocycles. The zero-order chi connectivity index (χ0) is 12.1. The molecule has 1 heterocycles. The van der Waals surface area contributed by atoms with E-state index in [4.69, 9.17) is 10.8 Å². The van der Waals surface area contributed by atoms with E-state index >= 15 is 0 Å². The van der Waals surface area contributed by atoms with Crippen molar-refractivity contribution in [2.45, 2.75) is 18.9 Å². The van der Waals surface area contributed by atoms with Gasteiger partial charge in [0.05, 0.1) is 6.54 Å². The minimum atomic E-state index is -0.989. The lowest BCUT2D eigenvalue weighted by Crippen LogP contribution is -2.45. The van der Waals surface area contributed by atoms with E-state index in [1.54, 1.807) is 0 Å². The van der Waals surface area contributed by atoms with Crippen LogP contribution in [0.4, 0.5) is 0 Å². The Labute approximate surface area is 95.0 Å². The van der Waals surface area contributed by atoms with Gasteiger partial charge in [0.25, 0.3) is 0 Å². The SMILES string of the molecule is CN(CC(=O)O)C(=O)CN1CCC(N)CC1. The third kappa shape index (κ3) is 4.16. The largest absolute Gasteiger partial charge is 0.480 e. The van der Waals surface area contributed by atoms with Crippen LogP contribution in [0.15, 0.2) is 0 Å². The summed E-state index contributed by atoms with van der Waals surface area (Å²) in [6, 6.07) is 0.239. The summed E-state index contributed by atoms with van der Waals surface area (Å²) < 4.78 is 0. The van der Waals surface area contributed by atoms with Gasteiger partial charge in [0.1, 0.15) is 6.54 Å². The number of likely N-dealkylation sites (tertiary alicyclic amines) is 1. The van der Waals surface area contributed by atoms with Gasteiger partial charge in [-0.1, -0.05) is 0 Å². The molecule has 6 heteroatoms. The summed E-state index contributed by atoms with van der Waals surface area (Å²) in [6.45, 7) is 1.67. The first-order chi connectivity index (χ1) is 7.49. The zero-order valence-corrected chi connectivity index (χ0v) is 9.56. The lowest BCUT2D eigenvalue weighted by Gasteiger charge is -2.30. The molecular weight excluding hydrogens is 210 g/mol. The van der Waals surface area contributed by atoms with Crippen LogP contribution >= 0.6 is 0 Å². The number of piperidine rings is 1. The van der Waals surface area contributed by atoms with Gasteiger partial charge in [-0.2, -0.15) is 0 Å². The number of hydrogen-bond donors (Lipinski definition) is 2. The number of carbonyl (C=O) groups excluding carboxylic acids is 1. The third-order valence-electron chi connectivity index (χ3n) is 2.79. The van der Waals surface area contributed by atoms with Gasteiger partial charge >= 0.3 is 5.97 Å². The van der Waals surface area contributed by atoms with Crippen molar-refractivity contribution in [2.24, 2.45) is 5.73 Å². The fourth-order valence-electron chi connectivity index (χ4n) is 1.71. The van der Waals surface area contributed by atoms with Gasteiger partial charge in [0.15, 0.2) is 0 Å². The number of rotatable bonds is 4. The summed E-state index contributed by atoms with van der Waals surface area (Å²) in [5, 5.41) is 8.55. The van der Waals surface area contributed by atoms with Gasteiger partial charge in [-0.25, -0.2) is 0 Å². The van der Waals surface area contributed by atoms with E-state index in [2.05, 4.69) is 0 Å². The van der Waals surface area contributed by atoms with E-state index in [0.29, 0.717) is 0 Å². The van der Waals surface area contributed by atoms with Crippen LogP contribution in [0.25, 0.3) is 0 Å². The van der Waals surface area contributed by atoms with Crippen LogP contribution in [0.5, 0.6) is 0 Å². The van der Waals surface area contributed by atoms with Gasteiger partial charge < -0.3 is 15.7 Å². The second-order valence-electron chi connectivity index (χ2n) is 4.26. The van der Waals surface area contributed by atoms with E-state index in [1.807, 2.05) is 4.90 Å². The Bertz CT molecular complexity index is 262. The Kier molecular flexibility index (Phi) is 4.70. The molecule has 1 rings (SSSR count). The molecule has 0 spiro atoms. The molecule has 0 unspecified atom stereocenters. The van der Waals surface area contributed by atoms with Crippen LogP contribution in [-0.4, -0.2) is 66.1 Å². The Hall–Kier alpha value is -1.14. The quantitative estimate of drug-likeness (QED) is 0.642. The number of aliphatic carboxylic acids is 1. The average molecular weight is 229 g/mol. The minimum absolute atomic E-state index is 0.155. The second kappa shape index (κ2) is 5.81. The number of amides is 1. The second-order valence-corrected chi connectivity index (χ2v) is 4.26. The molecule has 0 atom stereocenters. The third-order valence-corrected chi connectivity index (χ3v) is 2.79. The first-order valence-corrected chi connectivity index (χ1v) is 5.42. The number of likely N-dealkylation sites (N-methyl/N-ethyl adjacent to an activating group) is 1. The van der Waals surface area contributed by atoms with Crippen molar-refractivity contribution in [1.82, 2.24) is 9.80 Å². The topological polar surface area (TPSA) is 86.9 Å². The van der Waals surface area contributed by atoms with Crippen molar-refractivity contribution in [1.29, 1.82) is 0 Å². The highest BCUT2D eigenvalue weighted by Crippen LogP contribution is 2.07. The molecule has 0 saturated carbocycles. The van der Waals surface area contributed by atoms with Crippen molar-refractivity contribution >= 4 is 11.9 Å². The van der Waals surface area contributed by atoms with E-state index < -0.39 is 5.97 Å². The van der Waals surface area contributed by atoms with Crippen LogP contribution in [0, 0.1) is 0 Å². The van der Waals surface area contributed by atoms with Crippen molar-refractivity contribution < 1.29 is 14.7 Å². The molecule has 0 radical (unpaired) electrons. The molecule has 1 fully saturated rings. The Morgan fingerprint density at radius 1 is 1.44 bits per heavy atom. The number of hydrogen-bond acceptors (Lipinski definition) is 4.